The van der Waals surface area contributed by atoms with E-state index in [0.29, 0.717) is 0 Å². The van der Waals surface area contributed by atoms with Gasteiger partial charge in [0.1, 0.15) is 6.10 Å². The number of ketones is 1. The number of carbonyl (C=O) groups is 3. The predicted molar refractivity (Wildman–Crippen MR) is 53.6 cm³/mol. The summed E-state index contributed by atoms with van der Waals surface area (Å²) in [6, 6.07) is 4.04. The molecule has 0 bridgehead atoms. The van der Waals surface area contributed by atoms with Gasteiger partial charge in [-0.25, -0.2) is 9.59 Å². The minimum absolute atomic E-state index is 0.00834. The van der Waals surface area contributed by atoms with Crippen molar-refractivity contribution in [2.24, 2.45) is 0 Å². The van der Waals surface area contributed by atoms with Crippen LogP contribution in [-0.2, 0) is 4.74 Å². The molecule has 17 heavy (non-hydrogen) atoms. The summed E-state index contributed by atoms with van der Waals surface area (Å²) >= 11 is 0. The van der Waals surface area contributed by atoms with Crippen molar-refractivity contribution in [2.45, 2.75) is 6.10 Å². The zero-order valence-corrected chi connectivity index (χ0v) is 8.54. The number of fused-ring (bicyclic) bond motifs is 1. The Bertz CT molecular complexity index is 519. The summed E-state index contributed by atoms with van der Waals surface area (Å²) in [5.74, 6) is -2.56. The maximum atomic E-state index is 11.7. The summed E-state index contributed by atoms with van der Waals surface area (Å²) in [7, 11) is 0. The molecule has 1 aliphatic heterocycles. The van der Waals surface area contributed by atoms with Crippen LogP contribution < -0.4 is 0 Å². The zero-order valence-electron chi connectivity index (χ0n) is 8.54. The van der Waals surface area contributed by atoms with Crippen LogP contribution in [0.4, 0.5) is 0 Å². The molecule has 2 N–H and O–H groups in total. The number of aliphatic hydroxyl groups is 2. The molecule has 0 aliphatic carbocycles. The number of hydrogen-bond acceptors (Lipinski definition) is 6. The lowest BCUT2D eigenvalue weighted by Gasteiger charge is -2.07. The Morgan fingerprint density at radius 1 is 1.29 bits per heavy atom. The van der Waals surface area contributed by atoms with Crippen LogP contribution in [0.25, 0.3) is 0 Å². The molecule has 1 aliphatic rings. The monoisotopic (exact) mass is 236 g/mol. The van der Waals surface area contributed by atoms with Crippen LogP contribution in [0.1, 0.15) is 31.1 Å². The molecule has 0 saturated carbocycles. The first-order chi connectivity index (χ1) is 8.06. The van der Waals surface area contributed by atoms with Crippen LogP contribution in [0.5, 0.6) is 0 Å². The van der Waals surface area contributed by atoms with Crippen LogP contribution in [0.15, 0.2) is 18.2 Å². The van der Waals surface area contributed by atoms with Gasteiger partial charge in [-0.1, -0.05) is 12.1 Å². The first-order valence-corrected chi connectivity index (χ1v) is 4.79. The molecule has 0 amide bonds. The second-order valence-corrected chi connectivity index (χ2v) is 3.47. The molecule has 2 rings (SSSR count). The normalized spacial score (nSPS) is 15.4. The SMILES string of the molecule is O=C1OC(=O)c2c1cccc2C(=O)C(O)CO. The van der Waals surface area contributed by atoms with E-state index in [0.717, 1.165) is 0 Å². The molecule has 0 saturated heterocycles. The van der Waals surface area contributed by atoms with Crippen molar-refractivity contribution in [2.75, 3.05) is 6.61 Å². The third-order valence-corrected chi connectivity index (χ3v) is 2.41. The van der Waals surface area contributed by atoms with Gasteiger partial charge in [-0.05, 0) is 6.07 Å². The third-order valence-electron chi connectivity index (χ3n) is 2.41. The molecular weight excluding hydrogens is 228 g/mol. The van der Waals surface area contributed by atoms with Gasteiger partial charge >= 0.3 is 11.9 Å². The molecule has 1 aromatic carbocycles. The van der Waals surface area contributed by atoms with Crippen molar-refractivity contribution in [1.82, 2.24) is 0 Å². The van der Waals surface area contributed by atoms with Crippen LogP contribution in [0.3, 0.4) is 0 Å². The van der Waals surface area contributed by atoms with E-state index >= 15 is 0 Å². The predicted octanol–water partition coefficient (Wildman–Crippen LogP) is -0.467. The van der Waals surface area contributed by atoms with E-state index < -0.39 is 30.4 Å². The molecule has 1 atom stereocenters. The highest BCUT2D eigenvalue weighted by Crippen LogP contribution is 2.24. The van der Waals surface area contributed by atoms with Crippen LogP contribution >= 0.6 is 0 Å². The van der Waals surface area contributed by atoms with E-state index in [2.05, 4.69) is 4.74 Å². The maximum Gasteiger partial charge on any atom is 0.347 e. The Labute approximate surface area is 95.4 Å². The summed E-state index contributed by atoms with van der Waals surface area (Å²) in [5.41, 5.74) is -0.291. The van der Waals surface area contributed by atoms with Crippen molar-refractivity contribution < 1.29 is 29.3 Å². The molecule has 6 heteroatoms. The minimum atomic E-state index is -1.62. The number of ether oxygens (including phenoxy) is 1. The molecule has 1 heterocycles. The molecular formula is C11H8O6. The number of rotatable bonds is 3. The van der Waals surface area contributed by atoms with Crippen molar-refractivity contribution in [1.29, 1.82) is 0 Å². The summed E-state index contributed by atoms with van der Waals surface area (Å²) in [4.78, 5) is 34.3. The Morgan fingerprint density at radius 2 is 2.00 bits per heavy atom. The summed E-state index contributed by atoms with van der Waals surface area (Å²) in [5, 5.41) is 17.9. The number of aliphatic hydroxyl groups excluding tert-OH is 2. The molecule has 0 spiro atoms. The van der Waals surface area contributed by atoms with Crippen LogP contribution in [0, 0.1) is 0 Å². The molecule has 6 nitrogen and oxygen atoms in total. The quantitative estimate of drug-likeness (QED) is 0.418. The van der Waals surface area contributed by atoms with E-state index in [9.17, 15) is 19.5 Å². The number of Topliss-reactive ketones (excluding diaryl/α,β-unsaturated/α-hetero) is 1. The zero-order chi connectivity index (χ0) is 12.6. The third kappa shape index (κ3) is 1.73. The fourth-order valence-electron chi connectivity index (χ4n) is 1.60. The van der Waals surface area contributed by atoms with Gasteiger partial charge in [0, 0.05) is 5.56 Å². The van der Waals surface area contributed by atoms with E-state index in [4.69, 9.17) is 5.11 Å². The summed E-state index contributed by atoms with van der Waals surface area (Å²) in [6.45, 7) is -0.758. The Hall–Kier alpha value is -2.05. The van der Waals surface area contributed by atoms with Gasteiger partial charge < -0.3 is 14.9 Å². The topological polar surface area (TPSA) is 101 Å². The average molecular weight is 236 g/mol. The van der Waals surface area contributed by atoms with Gasteiger partial charge in [0.25, 0.3) is 0 Å². The standard InChI is InChI=1S/C11H8O6/c12-4-7(13)9(14)5-2-1-3-6-8(5)11(16)17-10(6)15/h1-3,7,12-13H,4H2. The second-order valence-electron chi connectivity index (χ2n) is 3.47. The van der Waals surface area contributed by atoms with E-state index in [1.54, 1.807) is 0 Å². The fourth-order valence-corrected chi connectivity index (χ4v) is 1.60. The molecule has 1 aromatic rings. The minimum Gasteiger partial charge on any atom is -0.393 e. The highest BCUT2D eigenvalue weighted by Gasteiger charge is 2.35. The lowest BCUT2D eigenvalue weighted by Crippen LogP contribution is -2.25. The first kappa shape index (κ1) is 11.4. The summed E-state index contributed by atoms with van der Waals surface area (Å²) in [6.07, 6.45) is -1.62. The Kier molecular flexibility index (Phi) is 2.74. The number of benzene rings is 1. The Balaban J connectivity index is 2.55. The molecule has 0 aromatic heterocycles. The number of carbonyl (C=O) groups excluding carboxylic acids is 3. The van der Waals surface area contributed by atoms with Gasteiger partial charge in [0.2, 0.25) is 0 Å². The Morgan fingerprint density at radius 3 is 2.65 bits per heavy atom. The number of esters is 2. The van der Waals surface area contributed by atoms with E-state index in [1.165, 1.54) is 18.2 Å². The average Bonchev–Trinajstić information content (AvgIpc) is 2.63. The first-order valence-electron chi connectivity index (χ1n) is 4.79. The van der Waals surface area contributed by atoms with Crippen LogP contribution in [-0.4, -0.2) is 40.6 Å². The van der Waals surface area contributed by atoms with E-state index in [1.807, 2.05) is 0 Å². The largest absolute Gasteiger partial charge is 0.393 e. The highest BCUT2D eigenvalue weighted by atomic mass is 16.6. The molecule has 0 radical (unpaired) electrons. The van der Waals surface area contributed by atoms with Crippen molar-refractivity contribution >= 4 is 17.7 Å². The second kappa shape index (κ2) is 4.08. The van der Waals surface area contributed by atoms with Crippen molar-refractivity contribution in [3.63, 3.8) is 0 Å². The van der Waals surface area contributed by atoms with Gasteiger partial charge in [0.15, 0.2) is 5.78 Å². The summed E-state index contributed by atoms with van der Waals surface area (Å²) < 4.78 is 4.36. The van der Waals surface area contributed by atoms with Gasteiger partial charge in [-0.2, -0.15) is 0 Å². The number of cyclic esters (lactones) is 2. The van der Waals surface area contributed by atoms with Crippen molar-refractivity contribution in [3.8, 4) is 0 Å². The van der Waals surface area contributed by atoms with E-state index in [-0.39, 0.29) is 16.7 Å². The number of hydrogen-bond donors (Lipinski definition) is 2. The van der Waals surface area contributed by atoms with Gasteiger partial charge in [-0.3, -0.25) is 4.79 Å². The molecule has 88 valence electrons. The highest BCUT2D eigenvalue weighted by molar-refractivity contribution is 6.20. The fraction of sp³-hybridized carbons (Fsp3) is 0.182. The van der Waals surface area contributed by atoms with Gasteiger partial charge in [0.05, 0.1) is 17.7 Å². The molecule has 1 unspecified atom stereocenters. The smallest absolute Gasteiger partial charge is 0.347 e. The van der Waals surface area contributed by atoms with Gasteiger partial charge in [-0.15, -0.1) is 0 Å². The lowest BCUT2D eigenvalue weighted by molar-refractivity contribution is 0.0439. The maximum absolute atomic E-state index is 11.7. The molecule has 0 fully saturated rings. The van der Waals surface area contributed by atoms with Crippen molar-refractivity contribution in [3.05, 3.63) is 34.9 Å². The van der Waals surface area contributed by atoms with Crippen LogP contribution in [0.2, 0.25) is 0 Å². The lowest BCUT2D eigenvalue weighted by atomic mass is 9.97.